The van der Waals surface area contributed by atoms with Crippen LogP contribution in [0.2, 0.25) is 0 Å². The first kappa shape index (κ1) is 20.3. The predicted molar refractivity (Wildman–Crippen MR) is 105 cm³/mol. The minimum atomic E-state index is -0.287. The fraction of sp³-hybridized carbons (Fsp3) is 0.286. The van der Waals surface area contributed by atoms with Gasteiger partial charge in [0.1, 0.15) is 6.54 Å². The molecule has 2 aromatic rings. The number of ketones is 1. The van der Waals surface area contributed by atoms with Crippen molar-refractivity contribution in [3.05, 3.63) is 65.2 Å². The Bertz CT molecular complexity index is 831. The van der Waals surface area contributed by atoms with E-state index in [9.17, 15) is 14.4 Å². The van der Waals surface area contributed by atoms with Crippen LogP contribution in [-0.2, 0) is 11.3 Å². The fourth-order valence-electron chi connectivity index (χ4n) is 2.68. The number of anilines is 1. The van der Waals surface area contributed by atoms with E-state index in [4.69, 9.17) is 0 Å². The molecule has 142 valence electrons. The first-order valence-corrected chi connectivity index (χ1v) is 8.87. The third-order valence-corrected chi connectivity index (χ3v) is 4.60. The molecule has 2 atom stereocenters. The molecule has 0 heterocycles. The van der Waals surface area contributed by atoms with E-state index in [1.54, 1.807) is 43.4 Å². The normalized spacial score (nSPS) is 12.7. The summed E-state index contributed by atoms with van der Waals surface area (Å²) in [4.78, 5) is 36.6. The second-order valence-electron chi connectivity index (χ2n) is 6.65. The van der Waals surface area contributed by atoms with E-state index in [0.717, 1.165) is 10.5 Å². The topological polar surface area (TPSA) is 79.7 Å². The van der Waals surface area contributed by atoms with Gasteiger partial charge in [-0.25, -0.2) is 0 Å². The van der Waals surface area contributed by atoms with Crippen LogP contribution in [0.3, 0.4) is 0 Å². The summed E-state index contributed by atoms with van der Waals surface area (Å²) in [5.74, 6) is -0.278. The zero-order chi connectivity index (χ0) is 20.0. The van der Waals surface area contributed by atoms with Crippen LogP contribution in [0.4, 0.5) is 5.69 Å². The minimum Gasteiger partial charge on any atom is -0.355 e. The Morgan fingerprint density at radius 3 is 2.30 bits per heavy atom. The van der Waals surface area contributed by atoms with Crippen molar-refractivity contribution in [1.82, 2.24) is 5.32 Å². The molecule has 6 nitrogen and oxygen atoms in total. The molecule has 0 saturated heterocycles. The molecule has 2 amide bonds. The number of carbonyl (C=O) groups is 3. The third kappa shape index (κ3) is 5.49. The van der Waals surface area contributed by atoms with Gasteiger partial charge < -0.3 is 15.5 Å². The van der Waals surface area contributed by atoms with Crippen molar-refractivity contribution in [2.75, 3.05) is 19.4 Å². The Morgan fingerprint density at radius 1 is 1.04 bits per heavy atom. The maximum Gasteiger partial charge on any atom is 0.282 e. The average Bonchev–Trinajstić information content (AvgIpc) is 2.67. The molecule has 0 radical (unpaired) electrons. The number of rotatable bonds is 7. The maximum absolute atomic E-state index is 12.5. The van der Waals surface area contributed by atoms with Gasteiger partial charge in [-0.1, -0.05) is 24.3 Å². The number of carbonyl (C=O) groups excluding carboxylic acids is 3. The van der Waals surface area contributed by atoms with Gasteiger partial charge in [-0.05, 0) is 38.1 Å². The Hall–Kier alpha value is -2.99. The van der Waals surface area contributed by atoms with Crippen LogP contribution in [-0.4, -0.2) is 37.7 Å². The molecule has 0 aliphatic rings. The van der Waals surface area contributed by atoms with Gasteiger partial charge in [0.25, 0.3) is 11.8 Å². The smallest absolute Gasteiger partial charge is 0.282 e. The summed E-state index contributed by atoms with van der Waals surface area (Å²) in [6, 6.07) is 14.0. The number of nitrogens with one attached hydrogen (secondary N) is 3. The monoisotopic (exact) mass is 368 g/mol. The van der Waals surface area contributed by atoms with Gasteiger partial charge in [-0.2, -0.15) is 0 Å². The lowest BCUT2D eigenvalue weighted by molar-refractivity contribution is -0.907. The highest BCUT2D eigenvalue weighted by Crippen LogP contribution is 2.11. The van der Waals surface area contributed by atoms with Gasteiger partial charge in [-0.3, -0.25) is 14.4 Å². The molecule has 0 spiro atoms. The van der Waals surface area contributed by atoms with Crippen molar-refractivity contribution in [3.8, 4) is 0 Å². The van der Waals surface area contributed by atoms with Gasteiger partial charge >= 0.3 is 0 Å². The molecule has 2 rings (SSSR count). The standard InChI is InChI=1S/C21H25N3O3/c1-14(20(26)23-19-7-5-6-18(12-19)15(2)25)24(4)13-16-8-10-17(11-9-16)21(27)22-3/h5-12,14H,13H2,1-4H3,(H,22,27)(H,23,26)/p+1/t14-/m1/s1. The van der Waals surface area contributed by atoms with Crippen molar-refractivity contribution in [2.45, 2.75) is 26.4 Å². The number of amides is 2. The van der Waals surface area contributed by atoms with Crippen LogP contribution in [0.15, 0.2) is 48.5 Å². The minimum absolute atomic E-state index is 0.0397. The largest absolute Gasteiger partial charge is 0.355 e. The van der Waals surface area contributed by atoms with Gasteiger partial charge in [0.05, 0.1) is 7.05 Å². The highest BCUT2D eigenvalue weighted by Gasteiger charge is 2.22. The van der Waals surface area contributed by atoms with Crippen LogP contribution in [0.1, 0.15) is 40.1 Å². The molecule has 0 bridgehead atoms. The van der Waals surface area contributed by atoms with Crippen molar-refractivity contribution in [1.29, 1.82) is 0 Å². The molecule has 0 aliphatic heterocycles. The molecule has 6 heteroatoms. The van der Waals surface area contributed by atoms with Crippen molar-refractivity contribution in [3.63, 3.8) is 0 Å². The molecular formula is C21H26N3O3+. The quantitative estimate of drug-likeness (QED) is 0.645. The molecule has 3 N–H and O–H groups in total. The molecule has 0 fully saturated rings. The first-order valence-electron chi connectivity index (χ1n) is 8.87. The second kappa shape index (κ2) is 9.09. The summed E-state index contributed by atoms with van der Waals surface area (Å²) in [6.45, 7) is 4.01. The van der Waals surface area contributed by atoms with Crippen LogP contribution in [0, 0.1) is 0 Å². The summed E-state index contributed by atoms with van der Waals surface area (Å²) in [6.07, 6.45) is 0. The molecule has 0 saturated carbocycles. The molecule has 1 unspecified atom stereocenters. The maximum atomic E-state index is 12.5. The predicted octanol–water partition coefficient (Wildman–Crippen LogP) is 1.29. The van der Waals surface area contributed by atoms with E-state index in [1.165, 1.54) is 6.92 Å². The van der Waals surface area contributed by atoms with Crippen molar-refractivity contribution >= 4 is 23.3 Å². The van der Waals surface area contributed by atoms with E-state index in [-0.39, 0.29) is 23.6 Å². The first-order chi connectivity index (χ1) is 12.8. The molecule has 27 heavy (non-hydrogen) atoms. The zero-order valence-electron chi connectivity index (χ0n) is 16.1. The van der Waals surface area contributed by atoms with Crippen LogP contribution < -0.4 is 15.5 Å². The number of hydrogen-bond acceptors (Lipinski definition) is 3. The molecule has 0 aromatic heterocycles. The van der Waals surface area contributed by atoms with Gasteiger partial charge in [-0.15, -0.1) is 0 Å². The lowest BCUT2D eigenvalue weighted by atomic mass is 10.1. The van der Waals surface area contributed by atoms with Crippen LogP contribution >= 0.6 is 0 Å². The Balaban J connectivity index is 1.98. The second-order valence-corrected chi connectivity index (χ2v) is 6.65. The Morgan fingerprint density at radius 2 is 1.70 bits per heavy atom. The zero-order valence-corrected chi connectivity index (χ0v) is 16.1. The summed E-state index contributed by atoms with van der Waals surface area (Å²) in [7, 11) is 3.55. The fourth-order valence-corrected chi connectivity index (χ4v) is 2.68. The Kier molecular flexibility index (Phi) is 6.85. The summed E-state index contributed by atoms with van der Waals surface area (Å²) >= 11 is 0. The van der Waals surface area contributed by atoms with Gasteiger partial charge in [0, 0.05) is 29.4 Å². The van der Waals surface area contributed by atoms with Crippen LogP contribution in [0.5, 0.6) is 0 Å². The molecular weight excluding hydrogens is 342 g/mol. The molecule has 0 aliphatic carbocycles. The lowest BCUT2D eigenvalue weighted by Crippen LogP contribution is -3.12. The van der Waals surface area contributed by atoms with Crippen molar-refractivity contribution in [2.24, 2.45) is 0 Å². The number of likely N-dealkylation sites (N-methyl/N-ethyl adjacent to an activating group) is 1. The number of benzene rings is 2. The third-order valence-electron chi connectivity index (χ3n) is 4.60. The van der Waals surface area contributed by atoms with E-state index < -0.39 is 0 Å². The SMILES string of the molecule is CNC(=O)c1ccc(C[NH+](C)[C@H](C)C(=O)Nc2cccc(C(C)=O)c2)cc1. The van der Waals surface area contributed by atoms with Crippen molar-refractivity contribution < 1.29 is 19.3 Å². The van der Waals surface area contributed by atoms with E-state index in [0.29, 0.717) is 23.4 Å². The van der Waals surface area contributed by atoms with E-state index in [1.807, 2.05) is 26.1 Å². The van der Waals surface area contributed by atoms with E-state index in [2.05, 4.69) is 10.6 Å². The summed E-state index contributed by atoms with van der Waals surface area (Å²) in [5.41, 5.74) is 2.83. The van der Waals surface area contributed by atoms with Crippen LogP contribution in [0.25, 0.3) is 0 Å². The molecule has 2 aromatic carbocycles. The number of quaternary nitrogens is 1. The Labute approximate surface area is 159 Å². The van der Waals surface area contributed by atoms with Gasteiger partial charge in [0.2, 0.25) is 0 Å². The van der Waals surface area contributed by atoms with Gasteiger partial charge in [0.15, 0.2) is 11.8 Å². The summed E-state index contributed by atoms with van der Waals surface area (Å²) < 4.78 is 0. The highest BCUT2D eigenvalue weighted by molar-refractivity contribution is 5.98. The van der Waals surface area contributed by atoms with E-state index >= 15 is 0 Å². The lowest BCUT2D eigenvalue weighted by Gasteiger charge is -2.21. The number of Topliss-reactive ketones (excluding diaryl/α,β-unsaturated/α-hetero) is 1. The average molecular weight is 368 g/mol. The highest BCUT2D eigenvalue weighted by atomic mass is 16.2. The number of hydrogen-bond donors (Lipinski definition) is 3. The summed E-state index contributed by atoms with van der Waals surface area (Å²) in [5, 5.41) is 5.46.